The summed E-state index contributed by atoms with van der Waals surface area (Å²) in [7, 11) is 0. The Morgan fingerprint density at radius 3 is 2.64 bits per heavy atom. The quantitative estimate of drug-likeness (QED) is 0.384. The van der Waals surface area contributed by atoms with Gasteiger partial charge in [-0.3, -0.25) is 4.79 Å². The van der Waals surface area contributed by atoms with Gasteiger partial charge in [-0.2, -0.15) is 0 Å². The molecule has 184 valence electrons. The highest BCUT2D eigenvalue weighted by Crippen LogP contribution is 2.33. The molecule has 7 heteroatoms. The molecular formula is C29H29FN4O2. The molecule has 3 amide bonds. The maximum absolute atomic E-state index is 14.1. The predicted octanol–water partition coefficient (Wildman–Crippen LogP) is 5.66. The topological polar surface area (TPSA) is 57.6 Å². The number of fused-ring (bicyclic) bond motifs is 2. The lowest BCUT2D eigenvalue weighted by molar-refractivity contribution is -0.134. The van der Waals surface area contributed by atoms with Crippen LogP contribution in [0.25, 0.3) is 10.8 Å². The van der Waals surface area contributed by atoms with E-state index in [-0.39, 0.29) is 24.3 Å². The Labute approximate surface area is 209 Å². The van der Waals surface area contributed by atoms with Crippen LogP contribution in [0.1, 0.15) is 30.6 Å². The molecule has 0 fully saturated rings. The number of halogens is 1. The largest absolute Gasteiger partial charge is 0.348 e. The summed E-state index contributed by atoms with van der Waals surface area (Å²) in [5, 5.41) is 4.98. The number of carbonyl (C=O) groups excluding carboxylic acids is 2. The molecule has 1 N–H and O–H groups in total. The van der Waals surface area contributed by atoms with Gasteiger partial charge in [0.2, 0.25) is 5.91 Å². The van der Waals surface area contributed by atoms with Crippen molar-refractivity contribution in [2.24, 2.45) is 0 Å². The van der Waals surface area contributed by atoms with Crippen LogP contribution in [0, 0.1) is 5.82 Å². The van der Waals surface area contributed by atoms with Gasteiger partial charge in [-0.05, 0) is 47.7 Å². The maximum atomic E-state index is 14.1. The number of carbonyl (C=O) groups is 2. The Balaban J connectivity index is 1.39. The lowest BCUT2D eigenvalue weighted by Crippen LogP contribution is -2.48. The second-order valence-corrected chi connectivity index (χ2v) is 9.05. The van der Waals surface area contributed by atoms with Gasteiger partial charge < -0.3 is 19.7 Å². The van der Waals surface area contributed by atoms with Gasteiger partial charge in [0, 0.05) is 36.9 Å². The summed E-state index contributed by atoms with van der Waals surface area (Å²) in [6.45, 7) is 3.49. The zero-order valence-electron chi connectivity index (χ0n) is 20.2. The second kappa shape index (κ2) is 10.2. The van der Waals surface area contributed by atoms with Gasteiger partial charge in [0.25, 0.3) is 0 Å². The number of rotatable bonds is 6. The average molecular weight is 485 g/mol. The van der Waals surface area contributed by atoms with E-state index in [0.29, 0.717) is 37.3 Å². The lowest BCUT2D eigenvalue weighted by atomic mass is 9.99. The third-order valence-electron chi connectivity index (χ3n) is 6.66. The third kappa shape index (κ3) is 4.69. The average Bonchev–Trinajstić information content (AvgIpc) is 3.37. The first-order chi connectivity index (χ1) is 17.5. The smallest absolute Gasteiger partial charge is 0.322 e. The summed E-state index contributed by atoms with van der Waals surface area (Å²) in [5.74, 6) is -0.510. The van der Waals surface area contributed by atoms with Crippen molar-refractivity contribution in [2.75, 3.05) is 25.0 Å². The molecule has 0 bridgehead atoms. The predicted molar refractivity (Wildman–Crippen MR) is 139 cm³/mol. The summed E-state index contributed by atoms with van der Waals surface area (Å²) < 4.78 is 16.2. The standard InChI is InChI=1S/C29H29FN4O2/c1-2-15-33(29(36)31-25-13-6-9-21-8-3-4-12-24(21)25)20-27(35)34-18-17-32-16-7-14-26(32)28(34)22-10-5-11-23(30)19-22/h3-14,16,19,28H,2,15,17-18,20H2,1H3,(H,31,36). The minimum absolute atomic E-state index is 0.0586. The molecule has 2 heterocycles. The Morgan fingerprint density at radius 1 is 1.00 bits per heavy atom. The first-order valence-electron chi connectivity index (χ1n) is 12.3. The number of amides is 3. The molecule has 0 saturated heterocycles. The molecule has 4 aromatic rings. The maximum Gasteiger partial charge on any atom is 0.322 e. The number of urea groups is 1. The number of hydrogen-bond donors (Lipinski definition) is 1. The molecule has 0 radical (unpaired) electrons. The molecule has 3 aromatic carbocycles. The summed E-state index contributed by atoms with van der Waals surface area (Å²) >= 11 is 0. The van der Waals surface area contributed by atoms with Crippen LogP contribution in [-0.2, 0) is 11.3 Å². The van der Waals surface area contributed by atoms with Crippen LogP contribution in [-0.4, -0.2) is 45.9 Å². The van der Waals surface area contributed by atoms with Crippen molar-refractivity contribution >= 4 is 28.4 Å². The fourth-order valence-electron chi connectivity index (χ4n) is 4.98. The first kappa shape index (κ1) is 23.6. The fourth-order valence-corrected chi connectivity index (χ4v) is 4.98. The Hall–Kier alpha value is -4.13. The lowest BCUT2D eigenvalue weighted by Gasteiger charge is -2.38. The van der Waals surface area contributed by atoms with Gasteiger partial charge in [0.15, 0.2) is 0 Å². The van der Waals surface area contributed by atoms with E-state index in [0.717, 1.165) is 16.5 Å². The van der Waals surface area contributed by atoms with E-state index < -0.39 is 6.04 Å². The van der Waals surface area contributed by atoms with Gasteiger partial charge in [0.1, 0.15) is 12.4 Å². The first-order valence-corrected chi connectivity index (χ1v) is 12.3. The fraction of sp³-hybridized carbons (Fsp3) is 0.241. The van der Waals surface area contributed by atoms with Crippen molar-refractivity contribution < 1.29 is 14.0 Å². The van der Waals surface area contributed by atoms with Crippen LogP contribution in [0.15, 0.2) is 85.1 Å². The van der Waals surface area contributed by atoms with Gasteiger partial charge in [0.05, 0.1) is 11.7 Å². The molecule has 0 aliphatic carbocycles. The molecule has 6 nitrogen and oxygen atoms in total. The Morgan fingerprint density at radius 2 is 1.81 bits per heavy atom. The zero-order chi connectivity index (χ0) is 25.1. The van der Waals surface area contributed by atoms with E-state index >= 15 is 0 Å². The van der Waals surface area contributed by atoms with Crippen LogP contribution in [0.3, 0.4) is 0 Å². The van der Waals surface area contributed by atoms with Crippen LogP contribution < -0.4 is 5.32 Å². The number of hydrogen-bond acceptors (Lipinski definition) is 2. The molecule has 1 atom stereocenters. The summed E-state index contributed by atoms with van der Waals surface area (Å²) in [5.41, 5.74) is 2.35. The Kier molecular flexibility index (Phi) is 6.71. The highest BCUT2D eigenvalue weighted by molar-refractivity contribution is 6.02. The minimum atomic E-state index is -0.415. The van der Waals surface area contributed by atoms with Gasteiger partial charge in [-0.25, -0.2) is 9.18 Å². The molecule has 1 aliphatic heterocycles. The van der Waals surface area contributed by atoms with Crippen molar-refractivity contribution in [3.8, 4) is 0 Å². The zero-order valence-corrected chi connectivity index (χ0v) is 20.2. The SMILES string of the molecule is CCCN(CC(=O)N1CCn2cccc2C1c1cccc(F)c1)C(=O)Nc1cccc2ccccc12. The highest BCUT2D eigenvalue weighted by Gasteiger charge is 2.33. The van der Waals surface area contributed by atoms with Crippen molar-refractivity contribution in [3.05, 3.63) is 102 Å². The summed E-state index contributed by atoms with van der Waals surface area (Å²) in [4.78, 5) is 30.3. The number of benzene rings is 3. The van der Waals surface area contributed by atoms with E-state index in [1.54, 1.807) is 15.9 Å². The van der Waals surface area contributed by atoms with Crippen LogP contribution in [0.5, 0.6) is 0 Å². The van der Waals surface area contributed by atoms with E-state index in [1.165, 1.54) is 12.1 Å². The van der Waals surface area contributed by atoms with Crippen LogP contribution in [0.4, 0.5) is 14.9 Å². The van der Waals surface area contributed by atoms with Crippen LogP contribution >= 0.6 is 0 Å². The number of aromatic nitrogens is 1. The molecule has 0 saturated carbocycles. The van der Waals surface area contributed by atoms with Crippen molar-refractivity contribution in [3.63, 3.8) is 0 Å². The van der Waals surface area contributed by atoms with E-state index in [9.17, 15) is 14.0 Å². The molecule has 1 aliphatic rings. The molecule has 36 heavy (non-hydrogen) atoms. The second-order valence-electron chi connectivity index (χ2n) is 9.05. The van der Waals surface area contributed by atoms with Crippen molar-refractivity contribution in [1.29, 1.82) is 0 Å². The minimum Gasteiger partial charge on any atom is -0.348 e. The Bertz CT molecular complexity index is 1390. The van der Waals surface area contributed by atoms with E-state index in [1.807, 2.05) is 73.8 Å². The van der Waals surface area contributed by atoms with Gasteiger partial charge >= 0.3 is 6.03 Å². The highest BCUT2D eigenvalue weighted by atomic mass is 19.1. The molecular weight excluding hydrogens is 455 g/mol. The van der Waals surface area contributed by atoms with Crippen molar-refractivity contribution in [2.45, 2.75) is 25.9 Å². The number of nitrogens with zero attached hydrogens (tertiary/aromatic N) is 3. The third-order valence-corrected chi connectivity index (χ3v) is 6.66. The molecule has 0 spiro atoms. The van der Waals surface area contributed by atoms with Gasteiger partial charge in [-0.1, -0.05) is 55.5 Å². The normalized spacial score (nSPS) is 14.9. The molecule has 5 rings (SSSR count). The number of nitrogens with one attached hydrogen (secondary N) is 1. The van der Waals surface area contributed by atoms with Gasteiger partial charge in [-0.15, -0.1) is 0 Å². The molecule has 1 aromatic heterocycles. The number of anilines is 1. The monoisotopic (exact) mass is 484 g/mol. The van der Waals surface area contributed by atoms with E-state index in [2.05, 4.69) is 9.88 Å². The van der Waals surface area contributed by atoms with Crippen molar-refractivity contribution in [1.82, 2.24) is 14.4 Å². The molecule has 1 unspecified atom stereocenters. The van der Waals surface area contributed by atoms with E-state index in [4.69, 9.17) is 0 Å². The summed E-state index contributed by atoms with van der Waals surface area (Å²) in [6, 6.07) is 23.2. The summed E-state index contributed by atoms with van der Waals surface area (Å²) in [6.07, 6.45) is 2.69. The van der Waals surface area contributed by atoms with Crippen LogP contribution in [0.2, 0.25) is 0 Å².